The molecule has 1 unspecified atom stereocenters. The van der Waals surface area contributed by atoms with Gasteiger partial charge >= 0.3 is 5.97 Å². The van der Waals surface area contributed by atoms with E-state index in [2.05, 4.69) is 16.4 Å². The van der Waals surface area contributed by atoms with Gasteiger partial charge in [0.15, 0.2) is 0 Å². The summed E-state index contributed by atoms with van der Waals surface area (Å²) in [5.74, 6) is -0.269. The molecule has 132 valence electrons. The lowest BCUT2D eigenvalue weighted by Crippen LogP contribution is -2.53. The second kappa shape index (κ2) is 6.95. The highest BCUT2D eigenvalue weighted by atomic mass is 16.6. The number of carbonyl (C=O) groups excluding carboxylic acids is 1. The summed E-state index contributed by atoms with van der Waals surface area (Å²) in [5.41, 5.74) is 7.29. The number of ether oxygens (including phenoxy) is 1. The Morgan fingerprint density at radius 1 is 1.25 bits per heavy atom. The molecule has 0 amide bonds. The lowest BCUT2D eigenvalue weighted by molar-refractivity contribution is -0.161. The average Bonchev–Trinajstić information content (AvgIpc) is 2.87. The Hall–Kier alpha value is -1.85. The van der Waals surface area contributed by atoms with E-state index >= 15 is 0 Å². The number of nitrogens with one attached hydrogen (secondary N) is 2. The van der Waals surface area contributed by atoms with Crippen LogP contribution in [0.2, 0.25) is 0 Å². The van der Waals surface area contributed by atoms with Crippen molar-refractivity contribution in [1.29, 1.82) is 0 Å². The van der Waals surface area contributed by atoms with Gasteiger partial charge in [0, 0.05) is 29.7 Å². The maximum absolute atomic E-state index is 12.3. The third kappa shape index (κ3) is 4.82. The monoisotopic (exact) mass is 331 g/mol. The quantitative estimate of drug-likeness (QED) is 0.711. The Balaban J connectivity index is 1.92. The van der Waals surface area contributed by atoms with E-state index in [0.29, 0.717) is 6.54 Å². The zero-order valence-electron chi connectivity index (χ0n) is 15.3. The third-order valence-corrected chi connectivity index (χ3v) is 3.87. The fourth-order valence-corrected chi connectivity index (χ4v) is 2.52. The Labute approximate surface area is 144 Å². The SMILES string of the molecule is CC(C)(C)OC(=O)C(C)(C)NCC(N)Cc1c[nH]c2ccccc12. The van der Waals surface area contributed by atoms with Gasteiger partial charge in [0.25, 0.3) is 0 Å². The van der Waals surface area contributed by atoms with Crippen LogP contribution < -0.4 is 11.1 Å². The van der Waals surface area contributed by atoms with E-state index in [1.807, 2.05) is 59.0 Å². The standard InChI is InChI=1S/C19H29N3O2/c1-18(2,3)24-17(23)19(4,5)22-12-14(20)10-13-11-21-16-9-7-6-8-15(13)16/h6-9,11,14,21-22H,10,12,20H2,1-5H3. The molecule has 0 aliphatic heterocycles. The summed E-state index contributed by atoms with van der Waals surface area (Å²) < 4.78 is 5.45. The Morgan fingerprint density at radius 2 is 1.92 bits per heavy atom. The summed E-state index contributed by atoms with van der Waals surface area (Å²) in [4.78, 5) is 15.5. The van der Waals surface area contributed by atoms with Gasteiger partial charge in [-0.05, 0) is 52.7 Å². The number of esters is 1. The van der Waals surface area contributed by atoms with Crippen molar-refractivity contribution in [3.05, 3.63) is 36.0 Å². The normalized spacial score (nSPS) is 13.9. The Morgan fingerprint density at radius 3 is 2.58 bits per heavy atom. The van der Waals surface area contributed by atoms with Crippen LogP contribution in [-0.4, -0.2) is 34.7 Å². The van der Waals surface area contributed by atoms with Gasteiger partial charge in [-0.15, -0.1) is 0 Å². The molecule has 2 rings (SSSR count). The molecular formula is C19H29N3O2. The number of hydrogen-bond donors (Lipinski definition) is 3. The third-order valence-electron chi connectivity index (χ3n) is 3.87. The van der Waals surface area contributed by atoms with E-state index in [1.165, 1.54) is 10.9 Å². The summed E-state index contributed by atoms with van der Waals surface area (Å²) >= 11 is 0. The van der Waals surface area contributed by atoms with Crippen LogP contribution in [-0.2, 0) is 16.0 Å². The molecule has 1 atom stereocenters. The van der Waals surface area contributed by atoms with Gasteiger partial charge in [0.1, 0.15) is 11.1 Å². The molecule has 0 fully saturated rings. The molecular weight excluding hydrogens is 302 g/mol. The molecule has 4 N–H and O–H groups in total. The molecule has 0 radical (unpaired) electrons. The minimum atomic E-state index is -0.773. The van der Waals surface area contributed by atoms with Crippen molar-refractivity contribution in [3.63, 3.8) is 0 Å². The number of rotatable bonds is 6. The second-order valence-corrected chi connectivity index (χ2v) is 7.83. The number of nitrogens with two attached hydrogens (primary N) is 1. The van der Waals surface area contributed by atoms with Crippen molar-refractivity contribution >= 4 is 16.9 Å². The van der Waals surface area contributed by atoms with Gasteiger partial charge in [-0.2, -0.15) is 0 Å². The molecule has 0 bridgehead atoms. The van der Waals surface area contributed by atoms with E-state index in [9.17, 15) is 4.79 Å². The van der Waals surface area contributed by atoms with Crippen LogP contribution in [0.5, 0.6) is 0 Å². The highest BCUT2D eigenvalue weighted by molar-refractivity contribution is 5.83. The van der Waals surface area contributed by atoms with E-state index in [4.69, 9.17) is 10.5 Å². The van der Waals surface area contributed by atoms with Crippen molar-refractivity contribution in [2.75, 3.05) is 6.54 Å². The molecule has 1 aromatic heterocycles. The van der Waals surface area contributed by atoms with E-state index in [1.54, 1.807) is 0 Å². The highest BCUT2D eigenvalue weighted by Crippen LogP contribution is 2.19. The van der Waals surface area contributed by atoms with Gasteiger partial charge in [-0.1, -0.05) is 18.2 Å². The Bertz CT molecular complexity index is 698. The van der Waals surface area contributed by atoms with Crippen LogP contribution in [0.25, 0.3) is 10.9 Å². The van der Waals surface area contributed by atoms with Crippen LogP contribution in [0, 0.1) is 0 Å². The summed E-state index contributed by atoms with van der Waals surface area (Å²) in [6, 6.07) is 8.08. The molecule has 1 heterocycles. The summed E-state index contributed by atoms with van der Waals surface area (Å²) in [6.07, 6.45) is 2.74. The first-order valence-corrected chi connectivity index (χ1v) is 8.37. The van der Waals surface area contributed by atoms with Crippen molar-refractivity contribution in [2.24, 2.45) is 5.73 Å². The summed E-state index contributed by atoms with van der Waals surface area (Å²) in [6.45, 7) is 9.77. The molecule has 0 aliphatic carbocycles. The molecule has 0 saturated heterocycles. The van der Waals surface area contributed by atoms with Crippen molar-refractivity contribution in [1.82, 2.24) is 10.3 Å². The molecule has 1 aromatic carbocycles. The van der Waals surface area contributed by atoms with E-state index in [0.717, 1.165) is 11.9 Å². The summed E-state index contributed by atoms with van der Waals surface area (Å²) in [5, 5.41) is 4.43. The molecule has 0 aliphatic rings. The number of H-pyrrole nitrogens is 1. The smallest absolute Gasteiger partial charge is 0.326 e. The number of aromatic nitrogens is 1. The van der Waals surface area contributed by atoms with E-state index < -0.39 is 11.1 Å². The number of aromatic amines is 1. The number of para-hydroxylation sites is 1. The zero-order chi connectivity index (χ0) is 18.0. The fraction of sp³-hybridized carbons (Fsp3) is 0.526. The zero-order valence-corrected chi connectivity index (χ0v) is 15.3. The molecule has 2 aromatic rings. The van der Waals surface area contributed by atoms with Gasteiger partial charge in [0.05, 0.1) is 0 Å². The molecule has 0 saturated carbocycles. The highest BCUT2D eigenvalue weighted by Gasteiger charge is 2.32. The predicted molar refractivity (Wildman–Crippen MR) is 97.9 cm³/mol. The minimum Gasteiger partial charge on any atom is -0.459 e. The van der Waals surface area contributed by atoms with Crippen LogP contribution >= 0.6 is 0 Å². The van der Waals surface area contributed by atoms with Crippen molar-refractivity contribution < 1.29 is 9.53 Å². The van der Waals surface area contributed by atoms with Gasteiger partial charge < -0.3 is 20.8 Å². The maximum Gasteiger partial charge on any atom is 0.326 e. The van der Waals surface area contributed by atoms with Gasteiger partial charge in [-0.3, -0.25) is 4.79 Å². The van der Waals surface area contributed by atoms with Gasteiger partial charge in [-0.25, -0.2) is 0 Å². The first kappa shape index (κ1) is 18.5. The number of fused-ring (bicyclic) bond motifs is 1. The maximum atomic E-state index is 12.3. The molecule has 5 heteroatoms. The topological polar surface area (TPSA) is 80.1 Å². The second-order valence-electron chi connectivity index (χ2n) is 7.83. The predicted octanol–water partition coefficient (Wildman–Crippen LogP) is 2.75. The lowest BCUT2D eigenvalue weighted by atomic mass is 10.0. The van der Waals surface area contributed by atoms with Crippen LogP contribution in [0.4, 0.5) is 0 Å². The first-order valence-electron chi connectivity index (χ1n) is 8.37. The van der Waals surface area contributed by atoms with Gasteiger partial charge in [0.2, 0.25) is 0 Å². The first-order chi connectivity index (χ1) is 11.1. The largest absolute Gasteiger partial charge is 0.459 e. The number of carbonyl (C=O) groups is 1. The molecule has 0 spiro atoms. The fourth-order valence-electron chi connectivity index (χ4n) is 2.52. The summed E-state index contributed by atoms with van der Waals surface area (Å²) in [7, 11) is 0. The van der Waals surface area contributed by atoms with Crippen LogP contribution in [0.3, 0.4) is 0 Å². The average molecular weight is 331 g/mol. The van der Waals surface area contributed by atoms with Crippen molar-refractivity contribution in [2.45, 2.75) is 58.2 Å². The molecule has 5 nitrogen and oxygen atoms in total. The number of hydrogen-bond acceptors (Lipinski definition) is 4. The van der Waals surface area contributed by atoms with E-state index in [-0.39, 0.29) is 12.0 Å². The van der Waals surface area contributed by atoms with Crippen molar-refractivity contribution in [3.8, 4) is 0 Å². The minimum absolute atomic E-state index is 0.0917. The number of benzene rings is 1. The lowest BCUT2D eigenvalue weighted by Gasteiger charge is -2.30. The molecule has 24 heavy (non-hydrogen) atoms. The van der Waals surface area contributed by atoms with Crippen LogP contribution in [0.15, 0.2) is 30.5 Å². The van der Waals surface area contributed by atoms with Crippen LogP contribution in [0.1, 0.15) is 40.2 Å². The Kier molecular flexibility index (Phi) is 5.35.